The van der Waals surface area contributed by atoms with Gasteiger partial charge in [0.1, 0.15) is 5.69 Å². The van der Waals surface area contributed by atoms with Gasteiger partial charge in [-0.2, -0.15) is 0 Å². The van der Waals surface area contributed by atoms with Gasteiger partial charge in [0.25, 0.3) is 0 Å². The average Bonchev–Trinajstić information content (AvgIpc) is 2.81. The molecule has 0 aliphatic carbocycles. The van der Waals surface area contributed by atoms with Crippen LogP contribution in [-0.2, 0) is 11.3 Å². The number of hydrogen-bond acceptors (Lipinski definition) is 5. The van der Waals surface area contributed by atoms with Crippen molar-refractivity contribution in [3.8, 4) is 0 Å². The fourth-order valence-electron chi connectivity index (χ4n) is 2.40. The molecule has 0 saturated carbocycles. The zero-order valence-electron chi connectivity index (χ0n) is 12.1. The second-order valence-corrected chi connectivity index (χ2v) is 4.86. The molecule has 1 aliphatic rings. The molecule has 112 valence electrons. The van der Waals surface area contributed by atoms with Gasteiger partial charge < -0.3 is 14.6 Å². The first-order chi connectivity index (χ1) is 9.63. The Kier molecular flexibility index (Phi) is 4.97. The van der Waals surface area contributed by atoms with Crippen LogP contribution < -0.4 is 5.69 Å². The lowest BCUT2D eigenvalue weighted by Crippen LogP contribution is -2.45. The van der Waals surface area contributed by atoms with Crippen LogP contribution in [0.5, 0.6) is 0 Å². The second kappa shape index (κ2) is 6.71. The minimum atomic E-state index is -0.479. The number of hydrogen-bond donors (Lipinski definition) is 2. The van der Waals surface area contributed by atoms with E-state index in [1.54, 1.807) is 6.92 Å². The predicted molar refractivity (Wildman–Crippen MR) is 74.8 cm³/mol. The molecule has 0 amide bonds. The van der Waals surface area contributed by atoms with Gasteiger partial charge in [-0.1, -0.05) is 6.92 Å². The van der Waals surface area contributed by atoms with Crippen molar-refractivity contribution >= 4 is 5.97 Å². The highest BCUT2D eigenvalue weighted by Crippen LogP contribution is 2.09. The first kappa shape index (κ1) is 14.8. The van der Waals surface area contributed by atoms with Crippen LogP contribution >= 0.6 is 0 Å². The van der Waals surface area contributed by atoms with Crippen LogP contribution in [0, 0.1) is 0 Å². The van der Waals surface area contributed by atoms with Gasteiger partial charge in [-0.3, -0.25) is 9.88 Å². The van der Waals surface area contributed by atoms with Crippen molar-refractivity contribution in [3.63, 3.8) is 0 Å². The number of carbonyl (C=O) groups is 1. The summed E-state index contributed by atoms with van der Waals surface area (Å²) in [6.07, 6.45) is 0. The summed E-state index contributed by atoms with van der Waals surface area (Å²) < 4.78 is 4.95. The van der Waals surface area contributed by atoms with Gasteiger partial charge in [0.15, 0.2) is 0 Å². The summed E-state index contributed by atoms with van der Waals surface area (Å²) in [6.45, 7) is 9.70. The van der Waals surface area contributed by atoms with Crippen LogP contribution in [0.25, 0.3) is 0 Å². The van der Waals surface area contributed by atoms with Gasteiger partial charge in [-0.25, -0.2) is 9.59 Å². The zero-order valence-corrected chi connectivity index (χ0v) is 12.1. The Morgan fingerprint density at radius 2 is 1.80 bits per heavy atom. The Morgan fingerprint density at radius 1 is 1.15 bits per heavy atom. The van der Waals surface area contributed by atoms with E-state index in [4.69, 9.17) is 4.74 Å². The molecule has 2 rings (SSSR count). The molecule has 0 radical (unpaired) electrons. The molecular formula is C13H22N4O3. The van der Waals surface area contributed by atoms with Gasteiger partial charge in [0, 0.05) is 32.7 Å². The van der Waals surface area contributed by atoms with E-state index in [0.717, 1.165) is 32.7 Å². The summed E-state index contributed by atoms with van der Waals surface area (Å²) in [7, 11) is 0. The minimum Gasteiger partial charge on any atom is -0.461 e. The van der Waals surface area contributed by atoms with E-state index in [2.05, 4.69) is 26.7 Å². The lowest BCUT2D eigenvalue weighted by molar-refractivity contribution is 0.0516. The van der Waals surface area contributed by atoms with Crippen LogP contribution in [0.2, 0.25) is 0 Å². The molecular weight excluding hydrogens is 260 g/mol. The normalized spacial score (nSPS) is 17.3. The van der Waals surface area contributed by atoms with Crippen LogP contribution in [-0.4, -0.2) is 65.1 Å². The smallest absolute Gasteiger partial charge is 0.356 e. The molecule has 0 aromatic carbocycles. The Labute approximate surface area is 117 Å². The Bertz CT molecular complexity index is 500. The van der Waals surface area contributed by atoms with Gasteiger partial charge >= 0.3 is 11.7 Å². The number of ether oxygens (including phenoxy) is 1. The van der Waals surface area contributed by atoms with E-state index in [1.165, 1.54) is 0 Å². The molecule has 1 aliphatic heterocycles. The largest absolute Gasteiger partial charge is 0.461 e. The van der Waals surface area contributed by atoms with Crippen molar-refractivity contribution in [2.75, 3.05) is 39.3 Å². The summed E-state index contributed by atoms with van der Waals surface area (Å²) >= 11 is 0. The lowest BCUT2D eigenvalue weighted by Gasteiger charge is -2.33. The van der Waals surface area contributed by atoms with Gasteiger partial charge in [0.05, 0.1) is 12.3 Å². The average molecular weight is 282 g/mol. The zero-order chi connectivity index (χ0) is 14.5. The summed E-state index contributed by atoms with van der Waals surface area (Å²) in [5, 5.41) is 0. The van der Waals surface area contributed by atoms with E-state index in [-0.39, 0.29) is 11.4 Å². The van der Waals surface area contributed by atoms with E-state index < -0.39 is 5.97 Å². The Hall–Kier alpha value is -1.60. The third-order valence-corrected chi connectivity index (χ3v) is 3.58. The molecule has 20 heavy (non-hydrogen) atoms. The summed E-state index contributed by atoms with van der Waals surface area (Å²) in [6, 6.07) is 0. The standard InChI is InChI=1S/C13H22N4O3/c1-3-16-5-7-17(8-6-16)9-10-11(12(18)20-4-2)15-13(19)14-10/h3-9H2,1-2H3,(H2,14,15,19). The number of imidazole rings is 1. The second-order valence-electron chi connectivity index (χ2n) is 4.86. The van der Waals surface area contributed by atoms with Gasteiger partial charge in [-0.05, 0) is 13.5 Å². The fourth-order valence-corrected chi connectivity index (χ4v) is 2.40. The number of nitrogens with one attached hydrogen (secondary N) is 2. The van der Waals surface area contributed by atoms with Crippen LogP contribution in [0.15, 0.2) is 4.79 Å². The SMILES string of the molecule is CCOC(=O)c1[nH]c(=O)[nH]c1CN1CCN(CC)CC1. The Morgan fingerprint density at radius 3 is 2.40 bits per heavy atom. The monoisotopic (exact) mass is 282 g/mol. The maximum absolute atomic E-state index is 11.8. The van der Waals surface area contributed by atoms with E-state index in [9.17, 15) is 9.59 Å². The maximum Gasteiger partial charge on any atom is 0.356 e. The van der Waals surface area contributed by atoms with Crippen molar-refractivity contribution in [1.29, 1.82) is 0 Å². The van der Waals surface area contributed by atoms with Crippen LogP contribution in [0.3, 0.4) is 0 Å². The number of aromatic amines is 2. The molecule has 1 aromatic rings. The van der Waals surface area contributed by atoms with Crippen molar-refractivity contribution < 1.29 is 9.53 Å². The van der Waals surface area contributed by atoms with Gasteiger partial charge in [0.2, 0.25) is 0 Å². The summed E-state index contributed by atoms with van der Waals surface area (Å²) in [4.78, 5) is 33.0. The lowest BCUT2D eigenvalue weighted by atomic mass is 10.2. The molecule has 0 spiro atoms. The highest BCUT2D eigenvalue weighted by atomic mass is 16.5. The minimum absolute atomic E-state index is 0.245. The number of likely N-dealkylation sites (N-methyl/N-ethyl adjacent to an activating group) is 1. The van der Waals surface area contributed by atoms with Crippen molar-refractivity contribution in [1.82, 2.24) is 19.8 Å². The first-order valence-electron chi connectivity index (χ1n) is 7.07. The highest BCUT2D eigenvalue weighted by Gasteiger charge is 2.21. The van der Waals surface area contributed by atoms with E-state index in [1.807, 2.05) is 0 Å². The number of rotatable bonds is 5. The maximum atomic E-state index is 11.8. The number of H-pyrrole nitrogens is 2. The number of aromatic nitrogens is 2. The molecule has 1 aromatic heterocycles. The van der Waals surface area contributed by atoms with Crippen molar-refractivity contribution in [2.45, 2.75) is 20.4 Å². The molecule has 7 heteroatoms. The first-order valence-corrected chi connectivity index (χ1v) is 7.07. The number of piperazine rings is 1. The topological polar surface area (TPSA) is 81.4 Å². The third-order valence-electron chi connectivity index (χ3n) is 3.58. The quantitative estimate of drug-likeness (QED) is 0.744. The molecule has 2 N–H and O–H groups in total. The predicted octanol–water partition coefficient (Wildman–Crippen LogP) is 0.0172. The Balaban J connectivity index is 2.02. The third kappa shape index (κ3) is 3.49. The molecule has 7 nitrogen and oxygen atoms in total. The van der Waals surface area contributed by atoms with Crippen LogP contribution in [0.1, 0.15) is 30.0 Å². The van der Waals surface area contributed by atoms with Crippen molar-refractivity contribution in [2.24, 2.45) is 0 Å². The molecule has 2 heterocycles. The molecule has 0 unspecified atom stereocenters. The number of carbonyl (C=O) groups excluding carboxylic acids is 1. The van der Waals surface area contributed by atoms with Gasteiger partial charge in [-0.15, -0.1) is 0 Å². The van der Waals surface area contributed by atoms with E-state index >= 15 is 0 Å². The summed E-state index contributed by atoms with van der Waals surface area (Å²) in [5.74, 6) is -0.479. The fraction of sp³-hybridized carbons (Fsp3) is 0.692. The molecule has 0 atom stereocenters. The van der Waals surface area contributed by atoms with Crippen LogP contribution in [0.4, 0.5) is 0 Å². The summed E-state index contributed by atoms with van der Waals surface area (Å²) in [5.41, 5.74) is 0.489. The number of nitrogens with zero attached hydrogens (tertiary/aromatic N) is 2. The highest BCUT2D eigenvalue weighted by molar-refractivity contribution is 5.88. The molecule has 0 bridgehead atoms. The molecule has 1 fully saturated rings. The van der Waals surface area contributed by atoms with E-state index in [0.29, 0.717) is 18.8 Å². The molecule has 1 saturated heterocycles. The van der Waals surface area contributed by atoms with Crippen molar-refractivity contribution in [3.05, 3.63) is 21.9 Å². The number of esters is 1.